The number of carbonyl (C=O) groups excluding carboxylic acids is 1. The van der Waals surface area contributed by atoms with Gasteiger partial charge in [-0.2, -0.15) is 0 Å². The number of carbonyl (C=O) groups is 1. The van der Waals surface area contributed by atoms with Crippen LogP contribution in [0.15, 0.2) is 0 Å². The molecule has 0 aromatic heterocycles. The second-order valence-corrected chi connectivity index (χ2v) is 4.61. The van der Waals surface area contributed by atoms with Gasteiger partial charge in [-0.1, -0.05) is 0 Å². The Hall–Kier alpha value is -0.280. The Kier molecular flexibility index (Phi) is 2.98. The van der Waals surface area contributed by atoms with Crippen molar-refractivity contribution in [3.8, 4) is 0 Å². The zero-order valence-corrected chi connectivity index (χ0v) is 8.91. The summed E-state index contributed by atoms with van der Waals surface area (Å²) < 4.78 is 0. The van der Waals surface area contributed by atoms with E-state index in [-0.39, 0.29) is 17.7 Å². The Labute approximate surface area is 89.0 Å². The number of fused-ring (bicyclic) bond motifs is 3. The molecule has 1 atom stereocenters. The number of halogens is 1. The maximum Gasteiger partial charge on any atom is 0.226 e. The maximum atomic E-state index is 11.8. The van der Waals surface area contributed by atoms with Gasteiger partial charge in [0.25, 0.3) is 0 Å². The van der Waals surface area contributed by atoms with Gasteiger partial charge >= 0.3 is 0 Å². The van der Waals surface area contributed by atoms with Gasteiger partial charge in [0, 0.05) is 18.5 Å². The normalized spacial score (nSPS) is 33.6. The summed E-state index contributed by atoms with van der Waals surface area (Å²) in [6, 6.07) is 0.366. The first-order valence-corrected chi connectivity index (χ1v) is 5.80. The van der Waals surface area contributed by atoms with Crippen molar-refractivity contribution >= 4 is 17.5 Å². The van der Waals surface area contributed by atoms with Crippen LogP contribution in [0.4, 0.5) is 0 Å². The molecule has 2 bridgehead atoms. The zero-order chi connectivity index (χ0) is 10.1. The first-order valence-electron chi connectivity index (χ1n) is 5.27. The van der Waals surface area contributed by atoms with E-state index in [9.17, 15) is 9.90 Å². The molecule has 0 spiro atoms. The fourth-order valence-electron chi connectivity index (χ4n) is 2.56. The predicted octanol–water partition coefficient (Wildman–Crippen LogP) is 0.987. The second-order valence-electron chi connectivity index (χ2n) is 4.30. The van der Waals surface area contributed by atoms with Crippen LogP contribution in [0.3, 0.4) is 0 Å². The Morgan fingerprint density at radius 2 is 2.07 bits per heavy atom. The summed E-state index contributed by atoms with van der Waals surface area (Å²) in [5, 5.41) is 9.43. The number of hydrogen-bond donors (Lipinski definition) is 1. The van der Waals surface area contributed by atoms with Crippen LogP contribution < -0.4 is 0 Å². The number of amides is 1. The fourth-order valence-corrected chi connectivity index (χ4v) is 2.66. The van der Waals surface area contributed by atoms with Crippen molar-refractivity contribution < 1.29 is 9.90 Å². The molecular formula is C10H16ClNO2. The van der Waals surface area contributed by atoms with Gasteiger partial charge in [0.05, 0.1) is 12.0 Å². The number of hydrogen-bond acceptors (Lipinski definition) is 2. The van der Waals surface area contributed by atoms with E-state index in [1.54, 1.807) is 0 Å². The number of aliphatic hydroxyl groups is 1. The van der Waals surface area contributed by atoms with Crippen molar-refractivity contribution in [2.24, 2.45) is 5.92 Å². The largest absolute Gasteiger partial charge is 0.390 e. The van der Waals surface area contributed by atoms with Gasteiger partial charge in [-0.25, -0.2) is 0 Å². The van der Waals surface area contributed by atoms with Crippen molar-refractivity contribution in [2.75, 3.05) is 12.4 Å². The molecule has 2 aliphatic heterocycles. The van der Waals surface area contributed by atoms with E-state index in [0.29, 0.717) is 12.6 Å². The molecule has 2 saturated heterocycles. The summed E-state index contributed by atoms with van der Waals surface area (Å²) >= 11 is 5.53. The summed E-state index contributed by atoms with van der Waals surface area (Å²) in [6.07, 6.45) is 3.71. The highest BCUT2D eigenvalue weighted by molar-refractivity contribution is 6.18. The molecule has 0 radical (unpaired) electrons. The van der Waals surface area contributed by atoms with E-state index < -0.39 is 6.10 Å². The summed E-state index contributed by atoms with van der Waals surface area (Å²) in [5.74, 6) is 0.667. The molecule has 14 heavy (non-hydrogen) atoms. The maximum absolute atomic E-state index is 11.8. The summed E-state index contributed by atoms with van der Waals surface area (Å²) in [6.45, 7) is 0.420. The lowest BCUT2D eigenvalue weighted by molar-refractivity contribution is -0.148. The van der Waals surface area contributed by atoms with E-state index in [1.807, 2.05) is 4.90 Å². The summed E-state index contributed by atoms with van der Waals surface area (Å²) in [5.41, 5.74) is 0. The summed E-state index contributed by atoms with van der Waals surface area (Å²) in [7, 11) is 0. The van der Waals surface area contributed by atoms with E-state index in [2.05, 4.69) is 0 Å². The molecule has 1 saturated carbocycles. The Balaban J connectivity index is 2.00. The molecule has 3 aliphatic rings. The van der Waals surface area contributed by atoms with Gasteiger partial charge in [-0.15, -0.1) is 11.6 Å². The minimum Gasteiger partial charge on any atom is -0.390 e. The molecule has 1 amide bonds. The number of piperidine rings is 2. The summed E-state index contributed by atoms with van der Waals surface area (Å²) in [4.78, 5) is 13.6. The first kappa shape index (κ1) is 10.2. The molecule has 1 N–H and O–H groups in total. The highest BCUT2D eigenvalue weighted by atomic mass is 35.5. The van der Waals surface area contributed by atoms with Gasteiger partial charge in [0.2, 0.25) is 5.91 Å². The molecule has 0 aromatic rings. The Morgan fingerprint density at radius 1 is 1.43 bits per heavy atom. The van der Waals surface area contributed by atoms with E-state index >= 15 is 0 Å². The number of alkyl halides is 1. The third-order valence-corrected chi connectivity index (χ3v) is 3.71. The van der Waals surface area contributed by atoms with Crippen molar-refractivity contribution in [1.29, 1.82) is 0 Å². The smallest absolute Gasteiger partial charge is 0.226 e. The average molecular weight is 218 g/mol. The van der Waals surface area contributed by atoms with Crippen LogP contribution in [0.1, 0.15) is 25.7 Å². The van der Waals surface area contributed by atoms with Crippen molar-refractivity contribution in [3.05, 3.63) is 0 Å². The number of rotatable bonds is 3. The van der Waals surface area contributed by atoms with Crippen LogP contribution in [-0.2, 0) is 4.79 Å². The lowest BCUT2D eigenvalue weighted by Gasteiger charge is -2.45. The molecule has 2 heterocycles. The Bertz CT molecular complexity index is 226. The van der Waals surface area contributed by atoms with Crippen LogP contribution >= 0.6 is 11.6 Å². The monoisotopic (exact) mass is 217 g/mol. The van der Waals surface area contributed by atoms with Crippen molar-refractivity contribution in [1.82, 2.24) is 4.90 Å². The van der Waals surface area contributed by atoms with Crippen molar-refractivity contribution in [2.45, 2.75) is 37.8 Å². The molecule has 0 aromatic carbocycles. The number of nitrogens with zero attached hydrogens (tertiary/aromatic N) is 1. The van der Waals surface area contributed by atoms with Crippen LogP contribution in [0.25, 0.3) is 0 Å². The first-order chi connectivity index (χ1) is 6.72. The zero-order valence-electron chi connectivity index (χ0n) is 8.16. The van der Waals surface area contributed by atoms with Gasteiger partial charge in [-0.05, 0) is 25.7 Å². The molecule has 3 nitrogen and oxygen atoms in total. The van der Waals surface area contributed by atoms with E-state index in [4.69, 9.17) is 11.6 Å². The van der Waals surface area contributed by atoms with Gasteiger partial charge in [0.15, 0.2) is 0 Å². The minimum absolute atomic E-state index is 0.209. The second kappa shape index (κ2) is 4.07. The standard InChI is InChI=1S/C10H16ClNO2/c11-5-9(13)6-12-8-3-1-7(2-4-8)10(12)14/h7-9,13H,1-6H2. The van der Waals surface area contributed by atoms with E-state index in [1.165, 1.54) is 0 Å². The van der Waals surface area contributed by atoms with Crippen LogP contribution in [-0.4, -0.2) is 40.5 Å². The van der Waals surface area contributed by atoms with Gasteiger partial charge in [0.1, 0.15) is 0 Å². The molecule has 3 fully saturated rings. The third kappa shape index (κ3) is 1.75. The lowest BCUT2D eigenvalue weighted by Crippen LogP contribution is -2.54. The van der Waals surface area contributed by atoms with E-state index in [0.717, 1.165) is 25.7 Å². The molecule has 4 heteroatoms. The predicted molar refractivity (Wildman–Crippen MR) is 54.2 cm³/mol. The highest BCUT2D eigenvalue weighted by Gasteiger charge is 2.40. The minimum atomic E-state index is -0.569. The molecule has 80 valence electrons. The van der Waals surface area contributed by atoms with Gasteiger partial charge in [-0.3, -0.25) is 4.79 Å². The highest BCUT2D eigenvalue weighted by Crippen LogP contribution is 2.35. The number of aliphatic hydroxyl groups excluding tert-OH is 1. The SMILES string of the molecule is O=C1C2CCC(CC2)N1CC(O)CCl. The molecule has 1 unspecified atom stereocenters. The molecule has 3 rings (SSSR count). The Morgan fingerprint density at radius 3 is 2.57 bits per heavy atom. The van der Waals surface area contributed by atoms with Gasteiger partial charge < -0.3 is 10.0 Å². The molecular weight excluding hydrogens is 202 g/mol. The van der Waals surface area contributed by atoms with Crippen LogP contribution in [0, 0.1) is 5.92 Å². The average Bonchev–Trinajstić information content (AvgIpc) is 2.23. The molecule has 1 aliphatic carbocycles. The fraction of sp³-hybridized carbons (Fsp3) is 0.900. The quantitative estimate of drug-likeness (QED) is 0.717. The third-order valence-electron chi connectivity index (χ3n) is 3.36. The lowest BCUT2D eigenvalue weighted by atomic mass is 9.79. The van der Waals surface area contributed by atoms with Crippen molar-refractivity contribution in [3.63, 3.8) is 0 Å². The topological polar surface area (TPSA) is 40.5 Å². The van der Waals surface area contributed by atoms with Crippen LogP contribution in [0.5, 0.6) is 0 Å². The van der Waals surface area contributed by atoms with Crippen LogP contribution in [0.2, 0.25) is 0 Å².